The number of carbonyl (C=O) groups excluding carboxylic acids is 2. The first-order chi connectivity index (χ1) is 11.6. The van der Waals surface area contributed by atoms with E-state index in [0.717, 1.165) is 51.4 Å². The number of nitrogens with one attached hydrogen (secondary N) is 2. The fourth-order valence-corrected chi connectivity index (χ4v) is 4.20. The van der Waals surface area contributed by atoms with E-state index in [-0.39, 0.29) is 23.9 Å². The maximum atomic E-state index is 12.8. The summed E-state index contributed by atoms with van der Waals surface area (Å²) in [7, 11) is 0. The van der Waals surface area contributed by atoms with Gasteiger partial charge in [0.05, 0.1) is 0 Å². The quantitative estimate of drug-likeness (QED) is 0.785. The minimum Gasteiger partial charge on any atom is -0.353 e. The van der Waals surface area contributed by atoms with E-state index < -0.39 is 0 Å². The van der Waals surface area contributed by atoms with Crippen molar-refractivity contribution >= 4 is 11.9 Å². The summed E-state index contributed by atoms with van der Waals surface area (Å²) in [5.41, 5.74) is 0. The van der Waals surface area contributed by atoms with Gasteiger partial charge < -0.3 is 15.5 Å². The molecule has 5 nitrogen and oxygen atoms in total. The van der Waals surface area contributed by atoms with Gasteiger partial charge in [-0.2, -0.15) is 0 Å². The van der Waals surface area contributed by atoms with Gasteiger partial charge in [-0.05, 0) is 70.6 Å². The van der Waals surface area contributed by atoms with Crippen molar-refractivity contribution in [1.82, 2.24) is 15.5 Å². The summed E-state index contributed by atoms with van der Waals surface area (Å²) >= 11 is 0. The molecule has 0 radical (unpaired) electrons. The van der Waals surface area contributed by atoms with E-state index >= 15 is 0 Å². The van der Waals surface area contributed by atoms with Crippen LogP contribution in [0, 0.1) is 11.8 Å². The number of urea groups is 1. The number of amides is 3. The van der Waals surface area contributed by atoms with Gasteiger partial charge in [0.2, 0.25) is 5.91 Å². The second-order valence-corrected chi connectivity index (χ2v) is 8.51. The van der Waals surface area contributed by atoms with Gasteiger partial charge in [0.25, 0.3) is 0 Å². The fourth-order valence-electron chi connectivity index (χ4n) is 4.20. The molecule has 3 atom stereocenters. The molecule has 5 heteroatoms. The molecule has 0 aliphatic heterocycles. The molecule has 4 aliphatic carbocycles. The minimum absolute atomic E-state index is 0.0832. The molecule has 0 bridgehead atoms. The third-order valence-electron chi connectivity index (χ3n) is 6.21. The van der Waals surface area contributed by atoms with Gasteiger partial charge in [0.1, 0.15) is 0 Å². The zero-order valence-electron chi connectivity index (χ0n) is 14.8. The number of rotatable bonds is 6. The standard InChI is InChI=1S/C19H31N3O2/c1-12(13-5-6-13)22(17-9-10-17)19(24)21-16-4-2-3-14(11-16)18(23)20-15-7-8-15/h12-17H,2-11H2,1H3,(H,20,23)(H,21,24)/t12-,14-,16-/m1/s1. The lowest BCUT2D eigenvalue weighted by atomic mass is 9.85. The Kier molecular flexibility index (Phi) is 4.44. The molecule has 4 fully saturated rings. The van der Waals surface area contributed by atoms with Gasteiger partial charge in [-0.3, -0.25) is 4.79 Å². The normalized spacial score (nSPS) is 31.2. The number of nitrogens with zero attached hydrogens (tertiary/aromatic N) is 1. The van der Waals surface area contributed by atoms with E-state index in [1.165, 1.54) is 12.8 Å². The van der Waals surface area contributed by atoms with Crippen molar-refractivity contribution in [3.05, 3.63) is 0 Å². The predicted molar refractivity (Wildman–Crippen MR) is 92.5 cm³/mol. The van der Waals surface area contributed by atoms with E-state index in [1.807, 2.05) is 0 Å². The second-order valence-electron chi connectivity index (χ2n) is 8.51. The van der Waals surface area contributed by atoms with Crippen molar-refractivity contribution < 1.29 is 9.59 Å². The Morgan fingerprint density at radius 1 is 0.917 bits per heavy atom. The SMILES string of the molecule is C[C@H](C1CC1)N(C(=O)N[C@@H]1CCC[C@@H](C(=O)NC2CC2)C1)C1CC1. The third-order valence-corrected chi connectivity index (χ3v) is 6.21. The summed E-state index contributed by atoms with van der Waals surface area (Å²) in [6.45, 7) is 2.21. The molecule has 4 aliphatic rings. The van der Waals surface area contributed by atoms with E-state index in [2.05, 4.69) is 22.5 Å². The molecule has 24 heavy (non-hydrogen) atoms. The van der Waals surface area contributed by atoms with Crippen LogP contribution in [0.5, 0.6) is 0 Å². The first kappa shape index (κ1) is 16.2. The van der Waals surface area contributed by atoms with Crippen LogP contribution in [0.2, 0.25) is 0 Å². The van der Waals surface area contributed by atoms with Crippen LogP contribution in [0.4, 0.5) is 4.79 Å². The molecule has 0 aromatic heterocycles. The Hall–Kier alpha value is -1.26. The lowest BCUT2D eigenvalue weighted by molar-refractivity contribution is -0.126. The van der Waals surface area contributed by atoms with Crippen molar-refractivity contribution in [2.24, 2.45) is 11.8 Å². The van der Waals surface area contributed by atoms with Gasteiger partial charge in [-0.15, -0.1) is 0 Å². The van der Waals surface area contributed by atoms with Crippen molar-refractivity contribution in [2.75, 3.05) is 0 Å². The molecule has 3 amide bonds. The topological polar surface area (TPSA) is 61.4 Å². The molecule has 4 rings (SSSR count). The van der Waals surface area contributed by atoms with Gasteiger partial charge in [0, 0.05) is 30.1 Å². The molecule has 134 valence electrons. The number of hydrogen-bond donors (Lipinski definition) is 2. The zero-order chi connectivity index (χ0) is 16.7. The average Bonchev–Trinajstić information content (AvgIpc) is 3.39. The van der Waals surface area contributed by atoms with Crippen LogP contribution >= 0.6 is 0 Å². The Morgan fingerprint density at radius 2 is 1.67 bits per heavy atom. The van der Waals surface area contributed by atoms with E-state index in [9.17, 15) is 9.59 Å². The monoisotopic (exact) mass is 333 g/mol. The second kappa shape index (κ2) is 6.57. The summed E-state index contributed by atoms with van der Waals surface area (Å²) in [6, 6.07) is 1.53. The third kappa shape index (κ3) is 3.86. The maximum Gasteiger partial charge on any atom is 0.318 e. The van der Waals surface area contributed by atoms with Crippen LogP contribution in [0.3, 0.4) is 0 Å². The number of hydrogen-bond acceptors (Lipinski definition) is 2. The van der Waals surface area contributed by atoms with Crippen LogP contribution < -0.4 is 10.6 Å². The Labute approximate surface area is 144 Å². The van der Waals surface area contributed by atoms with Crippen LogP contribution in [-0.2, 0) is 4.79 Å². The first-order valence-corrected chi connectivity index (χ1v) is 10.0. The van der Waals surface area contributed by atoms with Crippen LogP contribution in [0.25, 0.3) is 0 Å². The molecule has 0 aromatic carbocycles. The summed E-state index contributed by atoms with van der Waals surface area (Å²) in [5.74, 6) is 1.00. The first-order valence-electron chi connectivity index (χ1n) is 10.0. The van der Waals surface area contributed by atoms with Gasteiger partial charge in [-0.25, -0.2) is 4.79 Å². The maximum absolute atomic E-state index is 12.8. The number of carbonyl (C=O) groups is 2. The van der Waals surface area contributed by atoms with Crippen molar-refractivity contribution in [1.29, 1.82) is 0 Å². The average molecular weight is 333 g/mol. The molecule has 0 heterocycles. The smallest absolute Gasteiger partial charge is 0.318 e. The highest BCUT2D eigenvalue weighted by Crippen LogP contribution is 2.40. The molecule has 0 saturated heterocycles. The van der Waals surface area contributed by atoms with E-state index in [4.69, 9.17) is 0 Å². The molecular formula is C19H31N3O2. The van der Waals surface area contributed by atoms with Crippen molar-refractivity contribution in [3.63, 3.8) is 0 Å². The summed E-state index contributed by atoms with van der Waals surface area (Å²) in [6.07, 6.45) is 10.9. The Morgan fingerprint density at radius 3 is 2.29 bits per heavy atom. The predicted octanol–water partition coefficient (Wildman–Crippen LogP) is 2.80. The minimum atomic E-state index is 0.0832. The fraction of sp³-hybridized carbons (Fsp3) is 0.895. The Balaban J connectivity index is 1.31. The lowest BCUT2D eigenvalue weighted by Gasteiger charge is -2.34. The van der Waals surface area contributed by atoms with Gasteiger partial charge in [0.15, 0.2) is 0 Å². The highest BCUT2D eigenvalue weighted by atomic mass is 16.2. The molecule has 2 N–H and O–H groups in total. The lowest BCUT2D eigenvalue weighted by Crippen LogP contribution is -2.51. The summed E-state index contributed by atoms with van der Waals surface area (Å²) < 4.78 is 0. The van der Waals surface area contributed by atoms with Crippen LogP contribution in [0.1, 0.15) is 71.1 Å². The van der Waals surface area contributed by atoms with Crippen molar-refractivity contribution in [2.45, 2.75) is 95.3 Å². The highest BCUT2D eigenvalue weighted by molar-refractivity contribution is 5.80. The van der Waals surface area contributed by atoms with E-state index in [1.54, 1.807) is 0 Å². The van der Waals surface area contributed by atoms with Crippen LogP contribution in [0.15, 0.2) is 0 Å². The molecule has 4 saturated carbocycles. The summed E-state index contributed by atoms with van der Waals surface area (Å²) in [5, 5.41) is 6.39. The van der Waals surface area contributed by atoms with E-state index in [0.29, 0.717) is 24.0 Å². The van der Waals surface area contributed by atoms with Gasteiger partial charge in [-0.1, -0.05) is 6.42 Å². The van der Waals surface area contributed by atoms with Crippen molar-refractivity contribution in [3.8, 4) is 0 Å². The van der Waals surface area contributed by atoms with Crippen LogP contribution in [-0.4, -0.2) is 41.0 Å². The Bertz CT molecular complexity index is 497. The highest BCUT2D eigenvalue weighted by Gasteiger charge is 2.42. The molecular weight excluding hydrogens is 302 g/mol. The zero-order valence-corrected chi connectivity index (χ0v) is 14.8. The molecule has 0 unspecified atom stereocenters. The van der Waals surface area contributed by atoms with Gasteiger partial charge >= 0.3 is 6.03 Å². The summed E-state index contributed by atoms with van der Waals surface area (Å²) in [4.78, 5) is 27.3. The molecule has 0 spiro atoms. The largest absolute Gasteiger partial charge is 0.353 e. The molecule has 0 aromatic rings.